The Bertz CT molecular complexity index is 497. The van der Waals surface area contributed by atoms with Gasteiger partial charge in [-0.3, -0.25) is 4.90 Å². The summed E-state index contributed by atoms with van der Waals surface area (Å²) in [6.07, 6.45) is 7.45. The van der Waals surface area contributed by atoms with Gasteiger partial charge in [0.15, 0.2) is 0 Å². The molecule has 2 bridgehead atoms. The number of rotatable bonds is 3. The maximum atomic E-state index is 12.3. The predicted octanol–water partition coefficient (Wildman–Crippen LogP) is 3.40. The summed E-state index contributed by atoms with van der Waals surface area (Å²) in [6.45, 7) is 2.30. The Hall–Kier alpha value is -1.77. The van der Waals surface area contributed by atoms with Crippen molar-refractivity contribution < 1.29 is 9.53 Å². The first kappa shape index (κ1) is 13.2. The Morgan fingerprint density at radius 1 is 1.25 bits per heavy atom. The second-order valence-corrected chi connectivity index (χ2v) is 5.56. The zero-order valence-corrected chi connectivity index (χ0v) is 11.9. The van der Waals surface area contributed by atoms with E-state index in [9.17, 15) is 4.79 Å². The number of hydrogen-bond donors (Lipinski definition) is 0. The molecule has 0 unspecified atom stereocenters. The van der Waals surface area contributed by atoms with Crippen LogP contribution in [0.1, 0.15) is 25.3 Å². The van der Waals surface area contributed by atoms with Gasteiger partial charge >= 0.3 is 6.09 Å². The smallest absolute Gasteiger partial charge is 0.410 e. The second-order valence-electron chi connectivity index (χ2n) is 5.56. The molecule has 1 fully saturated rings. The summed E-state index contributed by atoms with van der Waals surface area (Å²) in [4.78, 5) is 14.2. The van der Waals surface area contributed by atoms with E-state index in [1.165, 1.54) is 12.0 Å². The molecule has 0 N–H and O–H groups in total. The monoisotopic (exact) mass is 271 g/mol. The fraction of sp³-hybridized carbons (Fsp3) is 0.471. The molecule has 1 aromatic carbocycles. The molecule has 3 nitrogen and oxygen atoms in total. The summed E-state index contributed by atoms with van der Waals surface area (Å²) in [6, 6.07) is 10.9. The third kappa shape index (κ3) is 2.45. The van der Waals surface area contributed by atoms with Crippen molar-refractivity contribution in [1.29, 1.82) is 0 Å². The van der Waals surface area contributed by atoms with E-state index in [1.807, 2.05) is 17.9 Å². The van der Waals surface area contributed by atoms with Crippen LogP contribution in [0.2, 0.25) is 0 Å². The van der Waals surface area contributed by atoms with Gasteiger partial charge in [-0.05, 0) is 37.7 Å². The summed E-state index contributed by atoms with van der Waals surface area (Å²) >= 11 is 0. The number of hydrogen-bond acceptors (Lipinski definition) is 2. The average Bonchev–Trinajstić information content (AvgIpc) is 2.49. The third-order valence-corrected chi connectivity index (χ3v) is 4.35. The molecule has 0 saturated carbocycles. The highest BCUT2D eigenvalue weighted by molar-refractivity contribution is 5.69. The van der Waals surface area contributed by atoms with Crippen LogP contribution in [0.3, 0.4) is 0 Å². The molecule has 0 spiro atoms. The SMILES string of the molecule is CCOC(=O)N1[C@H]2C=C[C@H](CC2)[C@@H]1Cc1ccccc1. The predicted molar refractivity (Wildman–Crippen MR) is 78.4 cm³/mol. The lowest BCUT2D eigenvalue weighted by Gasteiger charge is -2.47. The van der Waals surface area contributed by atoms with Crippen LogP contribution in [0, 0.1) is 5.92 Å². The van der Waals surface area contributed by atoms with Crippen molar-refractivity contribution in [1.82, 2.24) is 4.90 Å². The molecular weight excluding hydrogens is 250 g/mol. The minimum Gasteiger partial charge on any atom is -0.450 e. The van der Waals surface area contributed by atoms with E-state index in [0.717, 1.165) is 12.8 Å². The zero-order chi connectivity index (χ0) is 13.9. The number of piperidine rings is 1. The molecule has 4 rings (SSSR count). The number of benzene rings is 1. The van der Waals surface area contributed by atoms with Gasteiger partial charge in [-0.25, -0.2) is 4.79 Å². The molecular formula is C17H21NO2. The van der Waals surface area contributed by atoms with Crippen LogP contribution in [-0.4, -0.2) is 29.7 Å². The highest BCUT2D eigenvalue weighted by atomic mass is 16.6. The van der Waals surface area contributed by atoms with Crippen molar-refractivity contribution in [2.75, 3.05) is 6.61 Å². The van der Waals surface area contributed by atoms with Crippen LogP contribution in [0.25, 0.3) is 0 Å². The van der Waals surface area contributed by atoms with Gasteiger partial charge in [-0.1, -0.05) is 42.5 Å². The van der Waals surface area contributed by atoms with E-state index >= 15 is 0 Å². The molecule has 0 radical (unpaired) electrons. The number of carbonyl (C=O) groups excluding carboxylic acids is 1. The summed E-state index contributed by atoms with van der Waals surface area (Å²) in [5.74, 6) is 0.463. The number of ether oxygens (including phenoxy) is 1. The third-order valence-electron chi connectivity index (χ3n) is 4.35. The largest absolute Gasteiger partial charge is 0.450 e. The first-order valence-electron chi connectivity index (χ1n) is 7.47. The lowest BCUT2D eigenvalue weighted by Crippen LogP contribution is -2.56. The van der Waals surface area contributed by atoms with Gasteiger partial charge in [0.2, 0.25) is 0 Å². The van der Waals surface area contributed by atoms with E-state index in [-0.39, 0.29) is 18.2 Å². The molecule has 3 atom stereocenters. The molecule has 2 aliphatic heterocycles. The molecule has 1 aromatic rings. The number of fused-ring (bicyclic) bond motifs is 2. The van der Waals surface area contributed by atoms with Crippen molar-refractivity contribution in [2.45, 2.75) is 38.3 Å². The Morgan fingerprint density at radius 3 is 2.70 bits per heavy atom. The highest BCUT2D eigenvalue weighted by Crippen LogP contribution is 2.36. The van der Waals surface area contributed by atoms with Gasteiger partial charge in [0.1, 0.15) is 0 Å². The van der Waals surface area contributed by atoms with E-state index in [0.29, 0.717) is 12.5 Å². The Labute approximate surface area is 120 Å². The number of carbonyl (C=O) groups is 1. The van der Waals surface area contributed by atoms with Gasteiger partial charge in [-0.15, -0.1) is 0 Å². The van der Waals surface area contributed by atoms with Gasteiger partial charge in [0.25, 0.3) is 0 Å². The van der Waals surface area contributed by atoms with Gasteiger partial charge in [0.05, 0.1) is 12.6 Å². The molecule has 1 aliphatic carbocycles. The standard InChI is InChI=1S/C17H21NO2/c1-2-20-17(19)18-15-10-8-14(9-11-15)16(18)12-13-6-4-3-5-7-13/h3-8,10,14-16H,2,9,11-12H2,1H3/t14-,15+,16+/m1/s1. The summed E-state index contributed by atoms with van der Waals surface area (Å²) < 4.78 is 5.26. The number of amides is 1. The molecule has 1 amide bonds. The molecule has 1 saturated heterocycles. The van der Waals surface area contributed by atoms with E-state index in [4.69, 9.17) is 4.74 Å². The Balaban J connectivity index is 1.82. The first-order valence-corrected chi connectivity index (χ1v) is 7.47. The lowest BCUT2D eigenvalue weighted by atomic mass is 9.78. The van der Waals surface area contributed by atoms with Crippen LogP contribution in [0.5, 0.6) is 0 Å². The minimum atomic E-state index is -0.160. The quantitative estimate of drug-likeness (QED) is 0.788. The summed E-state index contributed by atoms with van der Waals surface area (Å²) in [7, 11) is 0. The van der Waals surface area contributed by atoms with E-state index in [1.54, 1.807) is 0 Å². The molecule has 0 aromatic heterocycles. The van der Waals surface area contributed by atoms with Crippen molar-refractivity contribution >= 4 is 6.09 Å². The van der Waals surface area contributed by atoms with Crippen LogP contribution >= 0.6 is 0 Å². The van der Waals surface area contributed by atoms with Crippen molar-refractivity contribution in [3.8, 4) is 0 Å². The zero-order valence-electron chi connectivity index (χ0n) is 11.9. The van der Waals surface area contributed by atoms with Crippen LogP contribution < -0.4 is 0 Å². The Kier molecular flexibility index (Phi) is 3.77. The Morgan fingerprint density at radius 2 is 2.05 bits per heavy atom. The van der Waals surface area contributed by atoms with Crippen molar-refractivity contribution in [2.24, 2.45) is 5.92 Å². The van der Waals surface area contributed by atoms with Crippen LogP contribution in [0.15, 0.2) is 42.5 Å². The van der Waals surface area contributed by atoms with Crippen molar-refractivity contribution in [3.05, 3.63) is 48.0 Å². The van der Waals surface area contributed by atoms with Crippen LogP contribution in [0.4, 0.5) is 4.79 Å². The van der Waals surface area contributed by atoms with Gasteiger partial charge in [-0.2, -0.15) is 0 Å². The number of nitrogens with zero attached hydrogens (tertiary/aromatic N) is 1. The maximum absolute atomic E-state index is 12.3. The second kappa shape index (κ2) is 5.70. The highest BCUT2D eigenvalue weighted by Gasteiger charge is 2.41. The fourth-order valence-corrected chi connectivity index (χ4v) is 3.41. The topological polar surface area (TPSA) is 29.5 Å². The van der Waals surface area contributed by atoms with E-state index < -0.39 is 0 Å². The molecule has 3 heteroatoms. The minimum absolute atomic E-state index is 0.160. The summed E-state index contributed by atoms with van der Waals surface area (Å²) in [5.41, 5.74) is 1.28. The van der Waals surface area contributed by atoms with Crippen LogP contribution in [-0.2, 0) is 11.2 Å². The van der Waals surface area contributed by atoms with E-state index in [2.05, 4.69) is 36.4 Å². The van der Waals surface area contributed by atoms with Gasteiger partial charge < -0.3 is 4.74 Å². The maximum Gasteiger partial charge on any atom is 0.410 e. The average molecular weight is 271 g/mol. The fourth-order valence-electron chi connectivity index (χ4n) is 3.41. The molecule has 20 heavy (non-hydrogen) atoms. The summed E-state index contributed by atoms with van der Waals surface area (Å²) in [5, 5.41) is 0. The normalized spacial score (nSPS) is 27.6. The first-order chi connectivity index (χ1) is 9.79. The molecule has 2 heterocycles. The molecule has 3 aliphatic rings. The lowest BCUT2D eigenvalue weighted by molar-refractivity contribution is 0.0394. The molecule has 106 valence electrons. The van der Waals surface area contributed by atoms with Gasteiger partial charge in [0, 0.05) is 6.04 Å². The van der Waals surface area contributed by atoms with Crippen molar-refractivity contribution in [3.63, 3.8) is 0 Å².